The Kier molecular flexibility index (Phi) is 5.02. The van der Waals surface area contributed by atoms with Gasteiger partial charge < -0.3 is 19.4 Å². The fraction of sp³-hybridized carbons (Fsp3) is 0.786. The van der Waals surface area contributed by atoms with Crippen molar-refractivity contribution >= 4 is 0 Å². The average Bonchev–Trinajstić information content (AvgIpc) is 2.98. The Morgan fingerprint density at radius 2 is 2.15 bits per heavy atom. The third-order valence-electron chi connectivity index (χ3n) is 3.98. The zero-order chi connectivity index (χ0) is 13.6. The number of hydrogen-bond acceptors (Lipinski definition) is 5. The summed E-state index contributed by atoms with van der Waals surface area (Å²) in [7, 11) is 0. The summed E-state index contributed by atoms with van der Waals surface area (Å²) in [6, 6.07) is 0. The standard InChI is InChI=1S/C14H24N4O2/c1(3-17-5-8-19-9-6-17)4-18-12-16-10-13(18)14-11-15-2-7-20-14/h10,12,14-15H,1-9,11H2. The molecule has 2 aliphatic heterocycles. The van der Waals surface area contributed by atoms with E-state index in [-0.39, 0.29) is 6.10 Å². The Hall–Kier alpha value is -0.950. The van der Waals surface area contributed by atoms with Gasteiger partial charge in [0.1, 0.15) is 6.10 Å². The minimum absolute atomic E-state index is 0.148. The van der Waals surface area contributed by atoms with Crippen LogP contribution in [0.1, 0.15) is 18.2 Å². The van der Waals surface area contributed by atoms with Crippen molar-refractivity contribution in [2.24, 2.45) is 0 Å². The highest BCUT2D eigenvalue weighted by Crippen LogP contribution is 2.18. The number of hydrogen-bond donors (Lipinski definition) is 1. The molecule has 112 valence electrons. The van der Waals surface area contributed by atoms with Gasteiger partial charge in [-0.05, 0) is 6.42 Å². The van der Waals surface area contributed by atoms with Gasteiger partial charge in [0.15, 0.2) is 0 Å². The fourth-order valence-electron chi connectivity index (χ4n) is 2.83. The summed E-state index contributed by atoms with van der Waals surface area (Å²) >= 11 is 0. The molecule has 1 aromatic rings. The summed E-state index contributed by atoms with van der Waals surface area (Å²) in [6.45, 7) is 8.62. The molecule has 6 heteroatoms. The molecule has 0 saturated carbocycles. The Bertz CT molecular complexity index is 398. The topological polar surface area (TPSA) is 51.5 Å². The molecule has 3 heterocycles. The van der Waals surface area contributed by atoms with Crippen molar-refractivity contribution in [2.75, 3.05) is 52.5 Å². The quantitative estimate of drug-likeness (QED) is 0.839. The van der Waals surface area contributed by atoms with Gasteiger partial charge in [-0.3, -0.25) is 4.90 Å². The summed E-state index contributed by atoms with van der Waals surface area (Å²) in [6.07, 6.45) is 5.15. The number of imidazole rings is 1. The van der Waals surface area contributed by atoms with Crippen LogP contribution in [0.5, 0.6) is 0 Å². The Labute approximate surface area is 120 Å². The largest absolute Gasteiger partial charge is 0.379 e. The van der Waals surface area contributed by atoms with Crippen LogP contribution in [0.2, 0.25) is 0 Å². The van der Waals surface area contributed by atoms with E-state index in [4.69, 9.17) is 9.47 Å². The van der Waals surface area contributed by atoms with E-state index in [9.17, 15) is 0 Å². The number of rotatable bonds is 5. The smallest absolute Gasteiger partial charge is 0.111 e. The van der Waals surface area contributed by atoms with Gasteiger partial charge in [0.05, 0.1) is 38.0 Å². The number of morpholine rings is 2. The Balaban J connectivity index is 1.48. The molecule has 20 heavy (non-hydrogen) atoms. The zero-order valence-corrected chi connectivity index (χ0v) is 12.0. The molecule has 1 atom stereocenters. The molecule has 1 aromatic heterocycles. The molecule has 2 aliphatic rings. The van der Waals surface area contributed by atoms with Gasteiger partial charge in [-0.1, -0.05) is 0 Å². The van der Waals surface area contributed by atoms with Crippen molar-refractivity contribution in [1.82, 2.24) is 19.8 Å². The predicted molar refractivity (Wildman–Crippen MR) is 75.7 cm³/mol. The lowest BCUT2D eigenvalue weighted by molar-refractivity contribution is 0.0222. The highest BCUT2D eigenvalue weighted by molar-refractivity contribution is 5.04. The fourth-order valence-corrected chi connectivity index (χ4v) is 2.83. The van der Waals surface area contributed by atoms with Crippen molar-refractivity contribution in [3.05, 3.63) is 18.2 Å². The molecule has 0 aliphatic carbocycles. The molecule has 0 bridgehead atoms. The number of aryl methyl sites for hydroxylation is 1. The molecule has 1 unspecified atom stereocenters. The van der Waals surface area contributed by atoms with Crippen molar-refractivity contribution in [3.63, 3.8) is 0 Å². The molecule has 1 N–H and O–H groups in total. The molecular formula is C14H24N4O2. The molecule has 0 aromatic carbocycles. The lowest BCUT2D eigenvalue weighted by atomic mass is 10.2. The van der Waals surface area contributed by atoms with Crippen LogP contribution in [-0.2, 0) is 16.0 Å². The van der Waals surface area contributed by atoms with Crippen molar-refractivity contribution < 1.29 is 9.47 Å². The lowest BCUT2D eigenvalue weighted by Crippen LogP contribution is -2.37. The van der Waals surface area contributed by atoms with E-state index in [0.29, 0.717) is 0 Å². The van der Waals surface area contributed by atoms with Gasteiger partial charge in [-0.25, -0.2) is 4.98 Å². The van der Waals surface area contributed by atoms with Crippen LogP contribution in [0.4, 0.5) is 0 Å². The molecule has 2 fully saturated rings. The van der Waals surface area contributed by atoms with Crippen molar-refractivity contribution in [3.8, 4) is 0 Å². The maximum absolute atomic E-state index is 5.81. The summed E-state index contributed by atoms with van der Waals surface area (Å²) in [5.41, 5.74) is 1.19. The van der Waals surface area contributed by atoms with Crippen molar-refractivity contribution in [1.29, 1.82) is 0 Å². The second-order valence-corrected chi connectivity index (χ2v) is 5.38. The average molecular weight is 280 g/mol. The van der Waals surface area contributed by atoms with Crippen molar-refractivity contribution in [2.45, 2.75) is 19.1 Å². The Morgan fingerprint density at radius 3 is 2.95 bits per heavy atom. The monoisotopic (exact) mass is 280 g/mol. The first-order valence-corrected chi connectivity index (χ1v) is 7.56. The van der Waals surface area contributed by atoms with E-state index in [1.54, 1.807) is 0 Å². The molecule has 0 spiro atoms. The van der Waals surface area contributed by atoms with Crippen LogP contribution in [0.3, 0.4) is 0 Å². The first-order chi connectivity index (χ1) is 9.93. The number of nitrogens with one attached hydrogen (secondary N) is 1. The van der Waals surface area contributed by atoms with Crippen LogP contribution in [0.15, 0.2) is 12.5 Å². The van der Waals surface area contributed by atoms with Crippen LogP contribution in [0, 0.1) is 0 Å². The molecule has 0 radical (unpaired) electrons. The summed E-state index contributed by atoms with van der Waals surface area (Å²) in [5.74, 6) is 0. The second kappa shape index (κ2) is 7.17. The van der Waals surface area contributed by atoms with Gasteiger partial charge in [-0.15, -0.1) is 0 Å². The summed E-state index contributed by atoms with van der Waals surface area (Å²) < 4.78 is 13.4. The van der Waals surface area contributed by atoms with Crippen LogP contribution in [0.25, 0.3) is 0 Å². The minimum Gasteiger partial charge on any atom is -0.379 e. The first-order valence-electron chi connectivity index (χ1n) is 7.56. The van der Waals surface area contributed by atoms with Gasteiger partial charge >= 0.3 is 0 Å². The van der Waals surface area contributed by atoms with E-state index >= 15 is 0 Å². The maximum Gasteiger partial charge on any atom is 0.111 e. The highest BCUT2D eigenvalue weighted by atomic mass is 16.5. The lowest BCUT2D eigenvalue weighted by Gasteiger charge is -2.27. The van der Waals surface area contributed by atoms with E-state index in [1.807, 2.05) is 12.5 Å². The molecular weight excluding hydrogens is 256 g/mol. The Morgan fingerprint density at radius 1 is 1.25 bits per heavy atom. The van der Waals surface area contributed by atoms with Gasteiger partial charge in [-0.2, -0.15) is 0 Å². The molecule has 2 saturated heterocycles. The number of aromatic nitrogens is 2. The van der Waals surface area contributed by atoms with Crippen LogP contribution in [-0.4, -0.2) is 67.0 Å². The van der Waals surface area contributed by atoms with Gasteiger partial charge in [0.25, 0.3) is 0 Å². The highest BCUT2D eigenvalue weighted by Gasteiger charge is 2.19. The summed E-state index contributed by atoms with van der Waals surface area (Å²) in [5, 5.41) is 3.37. The van der Waals surface area contributed by atoms with E-state index in [0.717, 1.165) is 65.5 Å². The zero-order valence-electron chi connectivity index (χ0n) is 12.0. The van der Waals surface area contributed by atoms with E-state index in [2.05, 4.69) is 19.8 Å². The van der Waals surface area contributed by atoms with E-state index in [1.165, 1.54) is 5.69 Å². The minimum atomic E-state index is 0.148. The van der Waals surface area contributed by atoms with Crippen LogP contribution >= 0.6 is 0 Å². The predicted octanol–water partition coefficient (Wildman–Crippen LogP) is 0.266. The van der Waals surface area contributed by atoms with Crippen LogP contribution < -0.4 is 5.32 Å². The maximum atomic E-state index is 5.81. The normalized spacial score (nSPS) is 24.9. The third-order valence-corrected chi connectivity index (χ3v) is 3.98. The molecule has 0 amide bonds. The number of nitrogens with zero attached hydrogens (tertiary/aromatic N) is 3. The first kappa shape index (κ1) is 14.0. The molecule has 6 nitrogen and oxygen atoms in total. The number of ether oxygens (including phenoxy) is 2. The van der Waals surface area contributed by atoms with E-state index < -0.39 is 0 Å². The molecule has 3 rings (SSSR count). The SMILES string of the molecule is c1ncn(CCCN2CCOCC2)c1C1CNCCO1. The summed E-state index contributed by atoms with van der Waals surface area (Å²) in [4.78, 5) is 6.76. The van der Waals surface area contributed by atoms with Gasteiger partial charge in [0.2, 0.25) is 0 Å². The second-order valence-electron chi connectivity index (χ2n) is 5.38. The third kappa shape index (κ3) is 3.58. The van der Waals surface area contributed by atoms with Gasteiger partial charge in [0, 0.05) is 39.3 Å².